The van der Waals surface area contributed by atoms with Gasteiger partial charge in [-0.15, -0.1) is 0 Å². The molecule has 0 aliphatic carbocycles. The highest BCUT2D eigenvalue weighted by molar-refractivity contribution is 7.86. The van der Waals surface area contributed by atoms with Gasteiger partial charge in [0.15, 0.2) is 0 Å². The molecule has 0 amide bonds. The van der Waals surface area contributed by atoms with Gasteiger partial charge in [-0.3, -0.25) is 9.78 Å². The number of pyridine rings is 1. The third kappa shape index (κ3) is 3.28. The first kappa shape index (κ1) is 20.0. The molecule has 2 heterocycles. The Kier molecular flexibility index (Phi) is 4.79. The van der Waals surface area contributed by atoms with E-state index in [4.69, 9.17) is 4.18 Å². The van der Waals surface area contributed by atoms with E-state index in [0.29, 0.717) is 11.3 Å². The van der Waals surface area contributed by atoms with Crippen LogP contribution in [0, 0.1) is 34.6 Å². The number of carbonyl (C=O) groups is 1. The monoisotopic (exact) mass is 401 g/mol. The molecule has 0 spiro atoms. The van der Waals surface area contributed by atoms with Crippen LogP contribution in [0.2, 0.25) is 0 Å². The highest BCUT2D eigenvalue weighted by Gasteiger charge is 2.27. The molecule has 0 unspecified atom stereocenters. The second kappa shape index (κ2) is 6.70. The van der Waals surface area contributed by atoms with Gasteiger partial charge in [-0.1, -0.05) is 6.07 Å². The number of rotatable bonds is 4. The van der Waals surface area contributed by atoms with Crippen LogP contribution in [0.25, 0.3) is 10.9 Å². The van der Waals surface area contributed by atoms with Crippen molar-refractivity contribution in [2.24, 2.45) is 7.05 Å². The van der Waals surface area contributed by atoms with E-state index in [1.165, 1.54) is 11.7 Å². The van der Waals surface area contributed by atoms with Crippen molar-refractivity contribution < 1.29 is 17.4 Å². The number of fused-ring (bicyclic) bond motifs is 1. The summed E-state index contributed by atoms with van der Waals surface area (Å²) in [7, 11) is -2.28. The molecule has 3 aromatic rings. The third-order valence-corrected chi connectivity index (χ3v) is 5.47. The van der Waals surface area contributed by atoms with Crippen molar-refractivity contribution in [3.8, 4) is 5.88 Å². The number of ketones is 1. The summed E-state index contributed by atoms with van der Waals surface area (Å²) in [4.78, 5) is 18.2. The molecular formula is C20H23N3O4S. The molecule has 7 nitrogen and oxygen atoms in total. The molecule has 2 aromatic heterocycles. The Hall–Kier alpha value is -2.74. The molecule has 0 radical (unpaired) electrons. The summed E-state index contributed by atoms with van der Waals surface area (Å²) in [5.74, 6) is -0.435. The second-order valence-electron chi connectivity index (χ2n) is 7.11. The Labute approximate surface area is 164 Å². The minimum Gasteiger partial charge on any atom is -0.361 e. The van der Waals surface area contributed by atoms with Crippen LogP contribution in [0.3, 0.4) is 0 Å². The van der Waals surface area contributed by atoms with Gasteiger partial charge in [-0.25, -0.2) is 4.68 Å². The number of hydrogen-bond donors (Lipinski definition) is 0. The predicted octanol–water partition coefficient (Wildman–Crippen LogP) is 3.08. The average molecular weight is 401 g/mol. The number of nitrogens with zero attached hydrogens (tertiary/aromatic N) is 3. The summed E-state index contributed by atoms with van der Waals surface area (Å²) >= 11 is 0. The van der Waals surface area contributed by atoms with Gasteiger partial charge >= 0.3 is 10.1 Å². The van der Waals surface area contributed by atoms with E-state index in [9.17, 15) is 13.2 Å². The second-order valence-corrected chi connectivity index (χ2v) is 8.68. The van der Waals surface area contributed by atoms with Gasteiger partial charge in [-0.2, -0.15) is 13.5 Å². The Morgan fingerprint density at radius 3 is 2.29 bits per heavy atom. The molecule has 1 aromatic carbocycles. The maximum absolute atomic E-state index is 13.5. The van der Waals surface area contributed by atoms with Crippen LogP contribution in [0.1, 0.15) is 44.0 Å². The molecule has 0 fully saturated rings. The van der Waals surface area contributed by atoms with Crippen molar-refractivity contribution in [3.63, 3.8) is 0 Å². The van der Waals surface area contributed by atoms with Crippen LogP contribution < -0.4 is 4.18 Å². The SMILES string of the molecule is Cc1nc2c(C)ccc(C(=O)c3c(C)nn(C)c3OS(C)(=O)=O)c2c(C)c1C. The van der Waals surface area contributed by atoms with E-state index in [1.54, 1.807) is 13.0 Å². The Morgan fingerprint density at radius 2 is 1.68 bits per heavy atom. The molecule has 0 saturated heterocycles. The van der Waals surface area contributed by atoms with Gasteiger partial charge in [-0.05, 0) is 57.4 Å². The van der Waals surface area contributed by atoms with Gasteiger partial charge in [0.25, 0.3) is 0 Å². The summed E-state index contributed by atoms with van der Waals surface area (Å²) < 4.78 is 29.7. The van der Waals surface area contributed by atoms with E-state index in [1.807, 2.05) is 33.8 Å². The van der Waals surface area contributed by atoms with Crippen molar-refractivity contribution in [2.75, 3.05) is 6.26 Å². The van der Waals surface area contributed by atoms with Crippen LogP contribution >= 0.6 is 0 Å². The largest absolute Gasteiger partial charge is 0.361 e. The quantitative estimate of drug-likeness (QED) is 0.493. The van der Waals surface area contributed by atoms with Gasteiger partial charge in [0.2, 0.25) is 11.7 Å². The standard InChI is InChI=1S/C20H23N3O4S/c1-10-8-9-15(16-12(3)11(2)13(4)21-18(10)16)19(24)17-14(5)22-23(6)20(17)27-28(7,25)26/h8-9H,1-7H3. The van der Waals surface area contributed by atoms with Gasteiger partial charge in [0.05, 0.1) is 17.5 Å². The predicted molar refractivity (Wildman–Crippen MR) is 108 cm³/mol. The smallest absolute Gasteiger partial charge is 0.307 e. The maximum Gasteiger partial charge on any atom is 0.307 e. The third-order valence-electron chi connectivity index (χ3n) is 5.01. The lowest BCUT2D eigenvalue weighted by atomic mass is 9.92. The van der Waals surface area contributed by atoms with E-state index >= 15 is 0 Å². The summed E-state index contributed by atoms with van der Waals surface area (Å²) in [6.07, 6.45) is 0.936. The van der Waals surface area contributed by atoms with Gasteiger partial charge in [0, 0.05) is 23.7 Å². The lowest BCUT2D eigenvalue weighted by molar-refractivity contribution is 0.103. The Bertz CT molecular complexity index is 1240. The van der Waals surface area contributed by atoms with Crippen LogP contribution in [0.5, 0.6) is 5.88 Å². The number of benzene rings is 1. The average Bonchev–Trinajstić information content (AvgIpc) is 2.85. The molecule has 0 bridgehead atoms. The lowest BCUT2D eigenvalue weighted by Crippen LogP contribution is -2.13. The molecule has 3 rings (SSSR count). The zero-order chi connectivity index (χ0) is 21.0. The minimum absolute atomic E-state index is 0.0897. The van der Waals surface area contributed by atoms with Crippen LogP contribution in [0.15, 0.2) is 12.1 Å². The molecule has 0 saturated carbocycles. The zero-order valence-electron chi connectivity index (χ0n) is 17.0. The first-order valence-electron chi connectivity index (χ1n) is 8.77. The van der Waals surface area contributed by atoms with Crippen molar-refractivity contribution in [1.82, 2.24) is 14.8 Å². The van der Waals surface area contributed by atoms with E-state index in [2.05, 4.69) is 10.1 Å². The normalized spacial score (nSPS) is 11.8. The molecule has 0 aliphatic heterocycles. The molecule has 0 N–H and O–H groups in total. The van der Waals surface area contributed by atoms with Crippen molar-refractivity contribution in [2.45, 2.75) is 34.6 Å². The zero-order valence-corrected chi connectivity index (χ0v) is 17.9. The summed E-state index contributed by atoms with van der Waals surface area (Å²) in [6, 6.07) is 3.60. The Balaban J connectivity index is 2.33. The molecule has 0 aliphatic rings. The fraction of sp³-hybridized carbons (Fsp3) is 0.350. The minimum atomic E-state index is -3.82. The van der Waals surface area contributed by atoms with Crippen molar-refractivity contribution >= 4 is 26.8 Å². The summed E-state index contributed by atoms with van der Waals surface area (Å²) in [5.41, 5.74) is 5.61. The van der Waals surface area contributed by atoms with E-state index in [-0.39, 0.29) is 17.2 Å². The van der Waals surface area contributed by atoms with Crippen molar-refractivity contribution in [1.29, 1.82) is 0 Å². The highest BCUT2D eigenvalue weighted by atomic mass is 32.2. The van der Waals surface area contributed by atoms with Gasteiger partial charge < -0.3 is 4.18 Å². The van der Waals surface area contributed by atoms with Crippen LogP contribution in [-0.4, -0.2) is 35.2 Å². The maximum atomic E-state index is 13.5. The molecule has 28 heavy (non-hydrogen) atoms. The van der Waals surface area contributed by atoms with E-state index < -0.39 is 10.1 Å². The number of aromatic nitrogens is 3. The summed E-state index contributed by atoms with van der Waals surface area (Å²) in [6.45, 7) is 9.48. The molecule has 0 atom stereocenters. The molecule has 148 valence electrons. The van der Waals surface area contributed by atoms with Crippen LogP contribution in [-0.2, 0) is 17.2 Å². The molecular weight excluding hydrogens is 378 g/mol. The number of aryl methyl sites for hydroxylation is 5. The van der Waals surface area contributed by atoms with E-state index in [0.717, 1.165) is 39.5 Å². The first-order chi connectivity index (χ1) is 12.9. The topological polar surface area (TPSA) is 91.2 Å². The summed E-state index contributed by atoms with van der Waals surface area (Å²) in [5, 5.41) is 4.95. The van der Waals surface area contributed by atoms with Crippen molar-refractivity contribution in [3.05, 3.63) is 51.3 Å². The van der Waals surface area contributed by atoms with Crippen LogP contribution in [0.4, 0.5) is 0 Å². The fourth-order valence-corrected chi connectivity index (χ4v) is 3.87. The number of carbonyl (C=O) groups excluding carboxylic acids is 1. The highest BCUT2D eigenvalue weighted by Crippen LogP contribution is 2.32. The lowest BCUT2D eigenvalue weighted by Gasteiger charge is -2.14. The fourth-order valence-electron chi connectivity index (χ4n) is 3.39. The number of hydrogen-bond acceptors (Lipinski definition) is 6. The van der Waals surface area contributed by atoms with Gasteiger partial charge in [0.1, 0.15) is 5.56 Å². The Morgan fingerprint density at radius 1 is 1.04 bits per heavy atom. The first-order valence-corrected chi connectivity index (χ1v) is 10.6. The molecule has 8 heteroatoms.